The Hall–Kier alpha value is -2.55. The first kappa shape index (κ1) is 22.7. The molecule has 1 amide bonds. The van der Waals surface area contributed by atoms with Gasteiger partial charge in [-0.3, -0.25) is 9.10 Å². The minimum atomic E-state index is -4.63. The molecule has 2 aromatic rings. The molecule has 0 radical (unpaired) electrons. The van der Waals surface area contributed by atoms with Crippen molar-refractivity contribution in [1.29, 1.82) is 0 Å². The second-order valence-electron chi connectivity index (χ2n) is 6.97. The van der Waals surface area contributed by atoms with Crippen LogP contribution in [0, 0.1) is 13.8 Å². The first-order valence-electron chi connectivity index (χ1n) is 8.80. The third-order valence-electron chi connectivity index (χ3n) is 4.42. The standard InChI is InChI=1S/C20H23F3N2O3S/c1-13-8-9-18(14(2)10-13)15(3)24-19(26)12-25(29(4,27)28)17-7-5-6-16(11-17)20(21,22)23/h5-11,15H,12H2,1-4H3,(H,24,26). The van der Waals surface area contributed by atoms with E-state index in [1.54, 1.807) is 6.92 Å². The van der Waals surface area contributed by atoms with Gasteiger partial charge in [0.05, 0.1) is 23.5 Å². The van der Waals surface area contributed by atoms with E-state index in [0.29, 0.717) is 10.4 Å². The summed E-state index contributed by atoms with van der Waals surface area (Å²) in [6.07, 6.45) is -3.78. The number of hydrogen-bond donors (Lipinski definition) is 1. The number of sulfonamides is 1. The summed E-state index contributed by atoms with van der Waals surface area (Å²) in [6.45, 7) is 4.97. The van der Waals surface area contributed by atoms with Crippen LogP contribution in [0.3, 0.4) is 0 Å². The van der Waals surface area contributed by atoms with Gasteiger partial charge in [0.2, 0.25) is 15.9 Å². The summed E-state index contributed by atoms with van der Waals surface area (Å²) in [6, 6.07) is 9.21. The van der Waals surface area contributed by atoms with Gasteiger partial charge in [-0.25, -0.2) is 8.42 Å². The lowest BCUT2D eigenvalue weighted by Gasteiger charge is -2.24. The molecule has 0 aromatic heterocycles. The van der Waals surface area contributed by atoms with Crippen LogP contribution in [-0.2, 0) is 21.0 Å². The van der Waals surface area contributed by atoms with Crippen LogP contribution in [0.2, 0.25) is 0 Å². The number of alkyl halides is 3. The molecule has 1 atom stereocenters. The van der Waals surface area contributed by atoms with Crippen molar-refractivity contribution in [2.75, 3.05) is 17.1 Å². The third-order valence-corrected chi connectivity index (χ3v) is 5.56. The second kappa shape index (κ2) is 8.44. The van der Waals surface area contributed by atoms with Gasteiger partial charge in [0.15, 0.2) is 0 Å². The van der Waals surface area contributed by atoms with E-state index in [1.807, 2.05) is 32.0 Å². The van der Waals surface area contributed by atoms with Crippen LogP contribution < -0.4 is 9.62 Å². The number of halogens is 3. The summed E-state index contributed by atoms with van der Waals surface area (Å²) < 4.78 is 63.8. The number of amides is 1. The fourth-order valence-electron chi connectivity index (χ4n) is 3.04. The quantitative estimate of drug-likeness (QED) is 0.757. The monoisotopic (exact) mass is 428 g/mol. The Kier molecular flexibility index (Phi) is 6.62. The lowest BCUT2D eigenvalue weighted by Crippen LogP contribution is -2.41. The SMILES string of the molecule is Cc1ccc(C(C)NC(=O)CN(c2cccc(C(F)(F)F)c2)S(C)(=O)=O)c(C)c1. The van der Waals surface area contributed by atoms with Crippen molar-refractivity contribution in [2.24, 2.45) is 0 Å². The van der Waals surface area contributed by atoms with E-state index < -0.39 is 40.3 Å². The van der Waals surface area contributed by atoms with Crippen LogP contribution in [0.1, 0.15) is 35.2 Å². The molecule has 158 valence electrons. The van der Waals surface area contributed by atoms with Crippen LogP contribution in [0.25, 0.3) is 0 Å². The fraction of sp³-hybridized carbons (Fsp3) is 0.350. The number of carbonyl (C=O) groups excluding carboxylic acids is 1. The first-order valence-corrected chi connectivity index (χ1v) is 10.7. The highest BCUT2D eigenvalue weighted by Crippen LogP contribution is 2.32. The average molecular weight is 428 g/mol. The fourth-order valence-corrected chi connectivity index (χ4v) is 3.89. The summed E-state index contributed by atoms with van der Waals surface area (Å²) >= 11 is 0. The molecule has 0 heterocycles. The van der Waals surface area contributed by atoms with Crippen molar-refractivity contribution in [3.05, 3.63) is 64.7 Å². The third kappa shape index (κ3) is 5.96. The molecule has 0 saturated carbocycles. The zero-order valence-electron chi connectivity index (χ0n) is 16.5. The van der Waals surface area contributed by atoms with Gasteiger partial charge < -0.3 is 5.32 Å². The Morgan fingerprint density at radius 1 is 1.14 bits per heavy atom. The smallest absolute Gasteiger partial charge is 0.348 e. The lowest BCUT2D eigenvalue weighted by atomic mass is 10.0. The van der Waals surface area contributed by atoms with Crippen molar-refractivity contribution in [3.63, 3.8) is 0 Å². The number of rotatable bonds is 6. The predicted molar refractivity (Wildman–Crippen MR) is 106 cm³/mol. The van der Waals surface area contributed by atoms with Crippen molar-refractivity contribution in [3.8, 4) is 0 Å². The van der Waals surface area contributed by atoms with E-state index in [9.17, 15) is 26.4 Å². The average Bonchev–Trinajstić information content (AvgIpc) is 2.58. The molecule has 0 spiro atoms. The molecular formula is C20H23F3N2O3S. The molecule has 0 aliphatic rings. The van der Waals surface area contributed by atoms with E-state index >= 15 is 0 Å². The van der Waals surface area contributed by atoms with Crippen LogP contribution in [0.4, 0.5) is 18.9 Å². The molecule has 0 aliphatic heterocycles. The molecule has 5 nitrogen and oxygen atoms in total. The summed E-state index contributed by atoms with van der Waals surface area (Å²) in [5.74, 6) is -0.625. The molecule has 29 heavy (non-hydrogen) atoms. The summed E-state index contributed by atoms with van der Waals surface area (Å²) in [5.41, 5.74) is 1.69. The van der Waals surface area contributed by atoms with Crippen LogP contribution in [-0.4, -0.2) is 27.1 Å². The Morgan fingerprint density at radius 2 is 1.79 bits per heavy atom. The topological polar surface area (TPSA) is 66.5 Å². The molecule has 1 N–H and O–H groups in total. The van der Waals surface area contributed by atoms with Crippen molar-refractivity contribution < 1.29 is 26.4 Å². The van der Waals surface area contributed by atoms with Gasteiger partial charge in [-0.05, 0) is 50.1 Å². The minimum absolute atomic E-state index is 0.225. The lowest BCUT2D eigenvalue weighted by molar-refractivity contribution is -0.137. The van der Waals surface area contributed by atoms with E-state index in [4.69, 9.17) is 0 Å². The van der Waals surface area contributed by atoms with Crippen molar-refractivity contribution >= 4 is 21.6 Å². The van der Waals surface area contributed by atoms with Crippen LogP contribution in [0.5, 0.6) is 0 Å². The highest BCUT2D eigenvalue weighted by molar-refractivity contribution is 7.92. The summed E-state index contributed by atoms with van der Waals surface area (Å²) in [4.78, 5) is 12.5. The number of nitrogens with zero attached hydrogens (tertiary/aromatic N) is 1. The number of benzene rings is 2. The van der Waals surface area contributed by atoms with E-state index in [1.165, 1.54) is 6.07 Å². The molecule has 0 fully saturated rings. The van der Waals surface area contributed by atoms with Crippen molar-refractivity contribution in [1.82, 2.24) is 5.32 Å². The Balaban J connectivity index is 2.24. The number of aryl methyl sites for hydroxylation is 2. The van der Waals surface area contributed by atoms with Gasteiger partial charge in [0, 0.05) is 0 Å². The highest BCUT2D eigenvalue weighted by atomic mass is 32.2. The zero-order valence-corrected chi connectivity index (χ0v) is 17.4. The number of nitrogens with one attached hydrogen (secondary N) is 1. The van der Waals surface area contributed by atoms with E-state index in [-0.39, 0.29) is 5.69 Å². The second-order valence-corrected chi connectivity index (χ2v) is 8.87. The van der Waals surface area contributed by atoms with Gasteiger partial charge in [0.25, 0.3) is 0 Å². The van der Waals surface area contributed by atoms with Gasteiger partial charge in [-0.2, -0.15) is 13.2 Å². The van der Waals surface area contributed by atoms with Crippen LogP contribution >= 0.6 is 0 Å². The Morgan fingerprint density at radius 3 is 2.34 bits per heavy atom. The largest absolute Gasteiger partial charge is 0.416 e. The summed E-state index contributed by atoms with van der Waals surface area (Å²) in [5, 5.41) is 2.71. The Labute approximate surface area is 168 Å². The molecule has 1 unspecified atom stereocenters. The molecule has 2 rings (SSSR count). The highest BCUT2D eigenvalue weighted by Gasteiger charge is 2.32. The molecule has 0 saturated heterocycles. The summed E-state index contributed by atoms with van der Waals surface area (Å²) in [7, 11) is -3.98. The van der Waals surface area contributed by atoms with Crippen LogP contribution in [0.15, 0.2) is 42.5 Å². The van der Waals surface area contributed by atoms with Gasteiger partial charge in [-0.15, -0.1) is 0 Å². The molecule has 2 aromatic carbocycles. The van der Waals surface area contributed by atoms with E-state index in [0.717, 1.165) is 35.1 Å². The number of carbonyl (C=O) groups is 1. The minimum Gasteiger partial charge on any atom is -0.348 e. The number of hydrogen-bond acceptors (Lipinski definition) is 3. The maximum absolute atomic E-state index is 13.0. The zero-order chi connectivity index (χ0) is 22.0. The van der Waals surface area contributed by atoms with E-state index in [2.05, 4.69) is 5.32 Å². The maximum Gasteiger partial charge on any atom is 0.416 e. The normalized spacial score (nSPS) is 13.1. The molecule has 0 bridgehead atoms. The molecule has 0 aliphatic carbocycles. The maximum atomic E-state index is 13.0. The Bertz CT molecular complexity index is 1000. The molecule has 9 heteroatoms. The van der Waals surface area contributed by atoms with Gasteiger partial charge >= 0.3 is 6.18 Å². The van der Waals surface area contributed by atoms with Crippen molar-refractivity contribution in [2.45, 2.75) is 33.0 Å². The number of anilines is 1. The van der Waals surface area contributed by atoms with Gasteiger partial charge in [-0.1, -0.05) is 29.8 Å². The first-order chi connectivity index (χ1) is 13.3. The predicted octanol–water partition coefficient (Wildman–Crippen LogP) is 3.97. The molecular weight excluding hydrogens is 405 g/mol. The van der Waals surface area contributed by atoms with Gasteiger partial charge in [0.1, 0.15) is 6.54 Å².